The van der Waals surface area contributed by atoms with E-state index in [0.29, 0.717) is 0 Å². The third-order valence-corrected chi connectivity index (χ3v) is 1.43. The molecule has 0 saturated carbocycles. The predicted octanol–water partition coefficient (Wildman–Crippen LogP) is 2.13. The molecule has 2 heteroatoms. The fourth-order valence-corrected chi connectivity index (χ4v) is 0.929. The minimum atomic E-state index is 0.957. The van der Waals surface area contributed by atoms with Gasteiger partial charge in [0.1, 0.15) is 0 Å². The highest BCUT2D eigenvalue weighted by Gasteiger charge is 1.95. The van der Waals surface area contributed by atoms with Gasteiger partial charge in [0.05, 0.1) is 17.1 Å². The Labute approximate surface area is 67.0 Å². The molecule has 0 aliphatic rings. The van der Waals surface area contributed by atoms with Crippen LogP contribution in [0.3, 0.4) is 0 Å². The van der Waals surface area contributed by atoms with E-state index in [9.17, 15) is 0 Å². The summed E-state index contributed by atoms with van der Waals surface area (Å²) < 4.78 is 0. The second-order valence-corrected chi connectivity index (χ2v) is 2.48. The molecule has 1 rings (SSSR count). The summed E-state index contributed by atoms with van der Waals surface area (Å²) in [6.07, 6.45) is 5.70. The molecule has 0 fully saturated rings. The number of aromatic nitrogens is 2. The Morgan fingerprint density at radius 1 is 1.36 bits per heavy atom. The molecule has 0 amide bonds. The van der Waals surface area contributed by atoms with E-state index in [1.54, 1.807) is 6.20 Å². The molecular formula is C9H12N2. The largest absolute Gasteiger partial charge is 0.255 e. The minimum Gasteiger partial charge on any atom is -0.255 e. The van der Waals surface area contributed by atoms with Gasteiger partial charge in [0.15, 0.2) is 0 Å². The van der Waals surface area contributed by atoms with E-state index < -0.39 is 0 Å². The van der Waals surface area contributed by atoms with Gasteiger partial charge < -0.3 is 0 Å². The zero-order valence-corrected chi connectivity index (χ0v) is 7.13. The Balaban J connectivity index is 3.09. The van der Waals surface area contributed by atoms with Gasteiger partial charge in [0, 0.05) is 6.20 Å². The Bertz CT molecular complexity index is 277. The van der Waals surface area contributed by atoms with Gasteiger partial charge in [-0.2, -0.15) is 0 Å². The van der Waals surface area contributed by atoms with Gasteiger partial charge in [0.2, 0.25) is 0 Å². The Hall–Kier alpha value is -1.18. The fraction of sp³-hybridized carbons (Fsp3) is 0.333. The van der Waals surface area contributed by atoms with E-state index >= 15 is 0 Å². The molecule has 0 aromatic carbocycles. The molecule has 0 radical (unpaired) electrons. The van der Waals surface area contributed by atoms with Crippen LogP contribution in [-0.2, 0) is 0 Å². The molecule has 1 heterocycles. The number of hydrogen-bond acceptors (Lipinski definition) is 2. The number of aryl methyl sites for hydroxylation is 2. The molecule has 58 valence electrons. The van der Waals surface area contributed by atoms with Crippen molar-refractivity contribution in [3.05, 3.63) is 29.4 Å². The first-order chi connectivity index (χ1) is 5.24. The normalized spacial score (nSPS) is 10.8. The van der Waals surface area contributed by atoms with Gasteiger partial charge >= 0.3 is 0 Å². The highest BCUT2D eigenvalue weighted by molar-refractivity contribution is 5.46. The zero-order chi connectivity index (χ0) is 8.27. The van der Waals surface area contributed by atoms with E-state index in [1.807, 2.05) is 32.9 Å². The van der Waals surface area contributed by atoms with Crippen molar-refractivity contribution in [1.82, 2.24) is 9.97 Å². The third-order valence-electron chi connectivity index (χ3n) is 1.43. The smallest absolute Gasteiger partial charge is 0.0839 e. The zero-order valence-electron chi connectivity index (χ0n) is 7.13. The van der Waals surface area contributed by atoms with Gasteiger partial charge in [-0.15, -0.1) is 0 Å². The van der Waals surface area contributed by atoms with Crippen molar-refractivity contribution < 1.29 is 0 Å². The van der Waals surface area contributed by atoms with Gasteiger partial charge in [-0.3, -0.25) is 9.97 Å². The second kappa shape index (κ2) is 3.28. The van der Waals surface area contributed by atoms with Crippen molar-refractivity contribution in [2.24, 2.45) is 0 Å². The summed E-state index contributed by atoms with van der Waals surface area (Å²) in [5.41, 5.74) is 2.91. The van der Waals surface area contributed by atoms with E-state index in [-0.39, 0.29) is 0 Å². The minimum absolute atomic E-state index is 0.957. The molecule has 0 N–H and O–H groups in total. The molecule has 11 heavy (non-hydrogen) atoms. The number of rotatable bonds is 1. The van der Waals surface area contributed by atoms with Crippen molar-refractivity contribution in [2.45, 2.75) is 20.8 Å². The average molecular weight is 148 g/mol. The first kappa shape index (κ1) is 7.92. The lowest BCUT2D eigenvalue weighted by molar-refractivity contribution is 1.04. The van der Waals surface area contributed by atoms with Crippen molar-refractivity contribution >= 4 is 6.08 Å². The molecule has 0 atom stereocenters. The van der Waals surface area contributed by atoms with Crippen LogP contribution in [0.5, 0.6) is 0 Å². The standard InChI is InChI=1S/C9H12N2/c1-4-5-9-8(3)11-7(2)6-10-9/h4-6H,1-3H3. The highest BCUT2D eigenvalue weighted by atomic mass is 14.8. The first-order valence-corrected chi connectivity index (χ1v) is 3.67. The van der Waals surface area contributed by atoms with E-state index in [4.69, 9.17) is 0 Å². The maximum absolute atomic E-state index is 4.28. The van der Waals surface area contributed by atoms with Crippen LogP contribution in [0.4, 0.5) is 0 Å². The summed E-state index contributed by atoms with van der Waals surface area (Å²) in [5, 5.41) is 0. The van der Waals surface area contributed by atoms with E-state index in [2.05, 4.69) is 9.97 Å². The number of hydrogen-bond donors (Lipinski definition) is 0. The van der Waals surface area contributed by atoms with Crippen molar-refractivity contribution in [1.29, 1.82) is 0 Å². The van der Waals surface area contributed by atoms with Crippen LogP contribution in [-0.4, -0.2) is 9.97 Å². The first-order valence-electron chi connectivity index (χ1n) is 3.67. The summed E-state index contributed by atoms with van der Waals surface area (Å²) in [4.78, 5) is 8.50. The molecule has 0 spiro atoms. The topological polar surface area (TPSA) is 25.8 Å². The van der Waals surface area contributed by atoms with Gasteiger partial charge in [-0.25, -0.2) is 0 Å². The predicted molar refractivity (Wildman–Crippen MR) is 46.2 cm³/mol. The Kier molecular flexibility index (Phi) is 2.36. The quantitative estimate of drug-likeness (QED) is 0.609. The lowest BCUT2D eigenvalue weighted by atomic mass is 10.3. The molecule has 1 aromatic heterocycles. The number of allylic oxidation sites excluding steroid dienone is 1. The van der Waals surface area contributed by atoms with Crippen LogP contribution in [0.2, 0.25) is 0 Å². The molecule has 1 aromatic rings. The fourth-order valence-electron chi connectivity index (χ4n) is 0.929. The monoisotopic (exact) mass is 148 g/mol. The molecule has 0 unspecified atom stereocenters. The van der Waals surface area contributed by atoms with Crippen molar-refractivity contribution in [2.75, 3.05) is 0 Å². The lowest BCUT2D eigenvalue weighted by Crippen LogP contribution is -1.92. The van der Waals surface area contributed by atoms with Gasteiger partial charge in [-0.1, -0.05) is 6.08 Å². The summed E-state index contributed by atoms with van der Waals surface area (Å²) >= 11 is 0. The maximum atomic E-state index is 4.28. The summed E-state index contributed by atoms with van der Waals surface area (Å²) in [5.74, 6) is 0. The van der Waals surface area contributed by atoms with Crippen LogP contribution in [0, 0.1) is 13.8 Å². The molecule has 0 aliphatic heterocycles. The molecule has 0 bridgehead atoms. The average Bonchev–Trinajstić information content (AvgIpc) is 1.95. The molecule has 0 saturated heterocycles. The number of nitrogens with zero attached hydrogens (tertiary/aromatic N) is 2. The maximum Gasteiger partial charge on any atom is 0.0839 e. The molecule has 0 aliphatic carbocycles. The van der Waals surface area contributed by atoms with Crippen LogP contribution in [0.1, 0.15) is 24.0 Å². The summed E-state index contributed by atoms with van der Waals surface area (Å²) in [6.45, 7) is 5.88. The molecule has 2 nitrogen and oxygen atoms in total. The lowest BCUT2D eigenvalue weighted by Gasteiger charge is -1.98. The van der Waals surface area contributed by atoms with Crippen LogP contribution < -0.4 is 0 Å². The third kappa shape index (κ3) is 1.87. The van der Waals surface area contributed by atoms with E-state index in [1.165, 1.54) is 0 Å². The molecular weight excluding hydrogens is 136 g/mol. The van der Waals surface area contributed by atoms with Crippen LogP contribution >= 0.6 is 0 Å². The summed E-state index contributed by atoms with van der Waals surface area (Å²) in [7, 11) is 0. The van der Waals surface area contributed by atoms with Crippen molar-refractivity contribution in [3.8, 4) is 0 Å². The Morgan fingerprint density at radius 3 is 2.64 bits per heavy atom. The van der Waals surface area contributed by atoms with Crippen LogP contribution in [0.25, 0.3) is 6.08 Å². The highest BCUT2D eigenvalue weighted by Crippen LogP contribution is 2.03. The Morgan fingerprint density at radius 2 is 2.09 bits per heavy atom. The van der Waals surface area contributed by atoms with Gasteiger partial charge in [-0.05, 0) is 26.8 Å². The SMILES string of the molecule is CC=Cc1ncc(C)nc1C. The second-order valence-electron chi connectivity index (χ2n) is 2.48. The van der Waals surface area contributed by atoms with Crippen LogP contribution in [0.15, 0.2) is 12.3 Å². The van der Waals surface area contributed by atoms with Gasteiger partial charge in [0.25, 0.3) is 0 Å². The van der Waals surface area contributed by atoms with Crippen molar-refractivity contribution in [3.63, 3.8) is 0 Å². The summed E-state index contributed by atoms with van der Waals surface area (Å²) in [6, 6.07) is 0. The van der Waals surface area contributed by atoms with E-state index in [0.717, 1.165) is 17.1 Å².